The van der Waals surface area contributed by atoms with E-state index in [4.69, 9.17) is 0 Å². The van der Waals surface area contributed by atoms with E-state index in [-0.39, 0.29) is 35.4 Å². The molecule has 8 unspecified atom stereocenters. The normalized spacial score (nSPS) is 47.6. The minimum atomic E-state index is -0.682. The highest BCUT2D eigenvalue weighted by molar-refractivity contribution is 5.25. The van der Waals surface area contributed by atoms with Crippen molar-refractivity contribution < 1.29 is 13.9 Å². The monoisotopic (exact) mass is 422 g/mol. The molecule has 0 spiro atoms. The zero-order valence-electron chi connectivity index (χ0n) is 19.7. The van der Waals surface area contributed by atoms with Crippen LogP contribution in [-0.2, 0) is 0 Å². The highest BCUT2D eigenvalue weighted by Gasteiger charge is 2.62. The summed E-state index contributed by atoms with van der Waals surface area (Å²) in [4.78, 5) is 0. The van der Waals surface area contributed by atoms with Gasteiger partial charge in [-0.1, -0.05) is 52.2 Å². The van der Waals surface area contributed by atoms with Gasteiger partial charge in [0.05, 0.1) is 12.8 Å². The molecule has 0 bridgehead atoms. The SMILES string of the molecule is C[C@@H](CF)CCC[C@@H](C)C1C(F)CC2C3CC=C4CC(O)CCC4(C)C3CCC21C. The largest absolute Gasteiger partial charge is 0.393 e. The summed E-state index contributed by atoms with van der Waals surface area (Å²) in [6.07, 6.45) is 11.6. The third-order valence-corrected chi connectivity index (χ3v) is 10.4. The van der Waals surface area contributed by atoms with Gasteiger partial charge in [-0.15, -0.1) is 0 Å². The Morgan fingerprint density at radius 2 is 1.90 bits per heavy atom. The van der Waals surface area contributed by atoms with Gasteiger partial charge < -0.3 is 5.11 Å². The first-order valence-corrected chi connectivity index (χ1v) is 12.8. The first kappa shape index (κ1) is 22.7. The number of alkyl halides is 2. The Morgan fingerprint density at radius 1 is 1.13 bits per heavy atom. The summed E-state index contributed by atoms with van der Waals surface area (Å²) in [7, 11) is 0. The van der Waals surface area contributed by atoms with Crippen molar-refractivity contribution in [2.75, 3.05) is 6.67 Å². The first-order chi connectivity index (χ1) is 14.2. The maximum absolute atomic E-state index is 15.6. The number of hydrogen-bond acceptors (Lipinski definition) is 1. The van der Waals surface area contributed by atoms with E-state index in [9.17, 15) is 9.50 Å². The van der Waals surface area contributed by atoms with Crippen molar-refractivity contribution in [3.05, 3.63) is 11.6 Å². The Balaban J connectivity index is 1.50. The van der Waals surface area contributed by atoms with Crippen molar-refractivity contribution in [1.29, 1.82) is 0 Å². The van der Waals surface area contributed by atoms with Gasteiger partial charge in [0.1, 0.15) is 6.17 Å². The molecule has 3 fully saturated rings. The molecular weight excluding hydrogens is 378 g/mol. The number of halogens is 2. The van der Waals surface area contributed by atoms with E-state index in [0.717, 1.165) is 57.8 Å². The average molecular weight is 423 g/mol. The Kier molecular flexibility index (Phi) is 6.43. The Bertz CT molecular complexity index is 647. The van der Waals surface area contributed by atoms with Crippen molar-refractivity contribution >= 4 is 0 Å². The van der Waals surface area contributed by atoms with E-state index < -0.39 is 6.17 Å². The van der Waals surface area contributed by atoms with Gasteiger partial charge >= 0.3 is 0 Å². The summed E-state index contributed by atoms with van der Waals surface area (Å²) >= 11 is 0. The molecule has 0 heterocycles. The van der Waals surface area contributed by atoms with Crippen LogP contribution in [0.3, 0.4) is 0 Å². The molecule has 30 heavy (non-hydrogen) atoms. The summed E-state index contributed by atoms with van der Waals surface area (Å²) in [6, 6.07) is 0. The van der Waals surface area contributed by atoms with Crippen molar-refractivity contribution in [1.82, 2.24) is 0 Å². The Hall–Kier alpha value is -0.440. The standard InChI is InChI=1S/C27H44F2O/c1-17(16-28)6-5-7-18(2)25-24(29)15-23-21-9-8-19-14-20(30)10-12-26(19,3)22(21)11-13-27(23,25)4/h8,17-18,20-25,30H,5-7,9-16H2,1-4H3/t17-,18-,20?,21?,22?,23?,24?,25?,26?,27?/m1/s1. The lowest BCUT2D eigenvalue weighted by Crippen LogP contribution is -2.51. The molecule has 0 aliphatic heterocycles. The number of aliphatic hydroxyl groups is 1. The molecule has 0 radical (unpaired) electrons. The van der Waals surface area contributed by atoms with E-state index >= 15 is 4.39 Å². The van der Waals surface area contributed by atoms with Crippen LogP contribution in [0.2, 0.25) is 0 Å². The maximum atomic E-state index is 15.6. The van der Waals surface area contributed by atoms with Crippen LogP contribution in [-0.4, -0.2) is 24.1 Å². The van der Waals surface area contributed by atoms with Gasteiger partial charge in [0.2, 0.25) is 0 Å². The molecule has 4 rings (SSSR count). The van der Waals surface area contributed by atoms with Gasteiger partial charge in [0.15, 0.2) is 0 Å². The summed E-state index contributed by atoms with van der Waals surface area (Å²) in [5.41, 5.74) is 1.83. The minimum Gasteiger partial charge on any atom is -0.393 e. The molecule has 3 heteroatoms. The number of allylic oxidation sites excluding steroid dienone is 1. The number of aliphatic hydroxyl groups excluding tert-OH is 1. The van der Waals surface area contributed by atoms with Crippen LogP contribution in [0.15, 0.2) is 11.6 Å². The molecule has 0 amide bonds. The van der Waals surface area contributed by atoms with E-state index in [1.165, 1.54) is 12.0 Å². The topological polar surface area (TPSA) is 20.2 Å². The highest BCUT2D eigenvalue weighted by atomic mass is 19.1. The summed E-state index contributed by atoms with van der Waals surface area (Å²) in [5, 5.41) is 10.2. The van der Waals surface area contributed by atoms with Gasteiger partial charge in [-0.25, -0.2) is 4.39 Å². The van der Waals surface area contributed by atoms with E-state index in [1.807, 2.05) is 6.92 Å². The summed E-state index contributed by atoms with van der Waals surface area (Å²) in [6.45, 7) is 8.85. The molecule has 0 saturated heterocycles. The second-order valence-corrected chi connectivity index (χ2v) is 12.1. The highest BCUT2D eigenvalue weighted by Crippen LogP contribution is 2.67. The van der Waals surface area contributed by atoms with Crippen LogP contribution in [0.1, 0.15) is 91.9 Å². The molecule has 172 valence electrons. The molecule has 0 aromatic heterocycles. The Morgan fingerprint density at radius 3 is 2.63 bits per heavy atom. The predicted octanol–water partition coefficient (Wildman–Crippen LogP) is 7.29. The van der Waals surface area contributed by atoms with Crippen molar-refractivity contribution in [2.45, 2.75) is 104 Å². The lowest BCUT2D eigenvalue weighted by Gasteiger charge is -2.58. The van der Waals surface area contributed by atoms with Crippen LogP contribution in [0.5, 0.6) is 0 Å². The molecule has 10 atom stereocenters. The maximum Gasteiger partial charge on any atom is 0.104 e. The Labute approximate surface area is 183 Å². The molecule has 4 aliphatic carbocycles. The second kappa shape index (κ2) is 8.49. The molecule has 0 aromatic rings. The number of rotatable bonds is 6. The lowest BCUT2D eigenvalue weighted by molar-refractivity contribution is -0.0595. The van der Waals surface area contributed by atoms with Gasteiger partial charge in [-0.05, 0) is 97.7 Å². The number of hydrogen-bond donors (Lipinski definition) is 1. The van der Waals surface area contributed by atoms with Crippen molar-refractivity contribution in [2.24, 2.45) is 46.3 Å². The lowest BCUT2D eigenvalue weighted by atomic mass is 9.47. The van der Waals surface area contributed by atoms with Gasteiger partial charge in [0, 0.05) is 0 Å². The first-order valence-electron chi connectivity index (χ1n) is 12.8. The fraction of sp³-hybridized carbons (Fsp3) is 0.926. The molecular formula is C27H44F2O. The molecule has 1 nitrogen and oxygen atoms in total. The van der Waals surface area contributed by atoms with Crippen LogP contribution in [0.25, 0.3) is 0 Å². The zero-order chi connectivity index (χ0) is 21.7. The fourth-order valence-corrected chi connectivity index (χ4v) is 8.70. The van der Waals surface area contributed by atoms with E-state index in [1.54, 1.807) is 0 Å². The second-order valence-electron chi connectivity index (χ2n) is 12.1. The third kappa shape index (κ3) is 3.69. The quantitative estimate of drug-likeness (QED) is 0.446. The molecule has 0 aromatic carbocycles. The smallest absolute Gasteiger partial charge is 0.104 e. The van der Waals surface area contributed by atoms with Gasteiger partial charge in [-0.2, -0.15) is 0 Å². The minimum absolute atomic E-state index is 0.113. The van der Waals surface area contributed by atoms with Crippen LogP contribution in [0.4, 0.5) is 8.78 Å². The molecule has 3 saturated carbocycles. The van der Waals surface area contributed by atoms with Gasteiger partial charge in [-0.3, -0.25) is 4.39 Å². The zero-order valence-corrected chi connectivity index (χ0v) is 19.7. The van der Waals surface area contributed by atoms with E-state index in [2.05, 4.69) is 26.8 Å². The van der Waals surface area contributed by atoms with Crippen LogP contribution >= 0.6 is 0 Å². The third-order valence-electron chi connectivity index (χ3n) is 10.4. The predicted molar refractivity (Wildman–Crippen MR) is 120 cm³/mol. The average Bonchev–Trinajstić information content (AvgIpc) is 2.98. The van der Waals surface area contributed by atoms with Crippen LogP contribution < -0.4 is 0 Å². The fourth-order valence-electron chi connectivity index (χ4n) is 8.70. The van der Waals surface area contributed by atoms with Crippen LogP contribution in [0, 0.1) is 46.3 Å². The molecule has 4 aliphatic rings. The molecule has 1 N–H and O–H groups in total. The van der Waals surface area contributed by atoms with Crippen molar-refractivity contribution in [3.8, 4) is 0 Å². The van der Waals surface area contributed by atoms with Gasteiger partial charge in [0.25, 0.3) is 0 Å². The number of fused-ring (bicyclic) bond motifs is 5. The van der Waals surface area contributed by atoms with E-state index in [0.29, 0.717) is 23.7 Å². The summed E-state index contributed by atoms with van der Waals surface area (Å²) < 4.78 is 28.4. The van der Waals surface area contributed by atoms with Crippen molar-refractivity contribution in [3.63, 3.8) is 0 Å². The summed E-state index contributed by atoms with van der Waals surface area (Å²) in [5.74, 6) is 2.44.